The molecule has 0 fully saturated rings. The molecule has 0 bridgehead atoms. The maximum Gasteiger partial charge on any atom is 0.118 e. The van der Waals surface area contributed by atoms with Crippen molar-refractivity contribution < 1.29 is 14.9 Å². The largest absolute Gasteiger partial charge is 0.497 e. The lowest BCUT2D eigenvalue weighted by Gasteiger charge is -2.24. The van der Waals surface area contributed by atoms with Crippen molar-refractivity contribution in [3.63, 3.8) is 0 Å². The SMILES string of the molecule is COc1ccc([C@@H](O)C(C)(C)O)cc1. The van der Waals surface area contributed by atoms with E-state index < -0.39 is 11.7 Å². The van der Waals surface area contributed by atoms with E-state index >= 15 is 0 Å². The topological polar surface area (TPSA) is 49.7 Å². The fourth-order valence-electron chi connectivity index (χ4n) is 1.19. The van der Waals surface area contributed by atoms with E-state index in [1.807, 2.05) is 0 Å². The van der Waals surface area contributed by atoms with Crippen molar-refractivity contribution in [3.8, 4) is 5.75 Å². The maximum absolute atomic E-state index is 9.73. The average molecular weight is 196 g/mol. The molecule has 3 heteroatoms. The molecule has 0 aliphatic rings. The highest BCUT2D eigenvalue weighted by atomic mass is 16.5. The van der Waals surface area contributed by atoms with E-state index in [1.165, 1.54) is 0 Å². The second-order valence-electron chi connectivity index (χ2n) is 3.83. The lowest BCUT2D eigenvalue weighted by atomic mass is 9.95. The van der Waals surface area contributed by atoms with Gasteiger partial charge in [-0.05, 0) is 31.5 Å². The lowest BCUT2D eigenvalue weighted by molar-refractivity contribution is -0.0497. The van der Waals surface area contributed by atoms with Gasteiger partial charge in [0.2, 0.25) is 0 Å². The molecule has 0 aromatic heterocycles. The fraction of sp³-hybridized carbons (Fsp3) is 0.455. The third-order valence-corrected chi connectivity index (χ3v) is 2.10. The van der Waals surface area contributed by atoms with Gasteiger partial charge in [-0.2, -0.15) is 0 Å². The van der Waals surface area contributed by atoms with Crippen molar-refractivity contribution in [2.75, 3.05) is 7.11 Å². The Morgan fingerprint density at radius 2 is 1.71 bits per heavy atom. The zero-order valence-electron chi connectivity index (χ0n) is 8.69. The molecule has 0 aliphatic carbocycles. The molecular formula is C11H16O3. The Morgan fingerprint density at radius 3 is 2.07 bits per heavy atom. The van der Waals surface area contributed by atoms with Crippen LogP contribution in [0, 0.1) is 0 Å². The quantitative estimate of drug-likeness (QED) is 0.770. The molecular weight excluding hydrogens is 180 g/mol. The highest BCUT2D eigenvalue weighted by Crippen LogP contribution is 2.26. The van der Waals surface area contributed by atoms with Gasteiger partial charge in [0.15, 0.2) is 0 Å². The Hall–Kier alpha value is -1.06. The Balaban J connectivity index is 2.87. The number of methoxy groups -OCH3 is 1. The molecule has 78 valence electrons. The van der Waals surface area contributed by atoms with Gasteiger partial charge in [0.25, 0.3) is 0 Å². The van der Waals surface area contributed by atoms with E-state index in [0.29, 0.717) is 5.56 Å². The van der Waals surface area contributed by atoms with Crippen LogP contribution in [0.2, 0.25) is 0 Å². The number of aliphatic hydroxyl groups excluding tert-OH is 1. The van der Waals surface area contributed by atoms with Crippen LogP contribution in [-0.2, 0) is 0 Å². The van der Waals surface area contributed by atoms with Crippen molar-refractivity contribution in [1.82, 2.24) is 0 Å². The molecule has 0 heterocycles. The van der Waals surface area contributed by atoms with Crippen molar-refractivity contribution in [2.24, 2.45) is 0 Å². The van der Waals surface area contributed by atoms with Gasteiger partial charge in [-0.15, -0.1) is 0 Å². The van der Waals surface area contributed by atoms with E-state index in [1.54, 1.807) is 45.2 Å². The van der Waals surface area contributed by atoms with E-state index in [9.17, 15) is 10.2 Å². The molecule has 0 spiro atoms. The first kappa shape index (κ1) is 11.0. The number of hydrogen-bond acceptors (Lipinski definition) is 3. The van der Waals surface area contributed by atoms with Crippen molar-refractivity contribution in [2.45, 2.75) is 25.6 Å². The Morgan fingerprint density at radius 1 is 1.21 bits per heavy atom. The monoisotopic (exact) mass is 196 g/mol. The number of benzene rings is 1. The van der Waals surface area contributed by atoms with Crippen LogP contribution in [0.4, 0.5) is 0 Å². The van der Waals surface area contributed by atoms with Gasteiger partial charge >= 0.3 is 0 Å². The summed E-state index contributed by atoms with van der Waals surface area (Å²) in [6, 6.07) is 6.98. The predicted molar refractivity (Wildman–Crippen MR) is 54.3 cm³/mol. The number of aliphatic hydroxyl groups is 2. The average Bonchev–Trinajstić information content (AvgIpc) is 2.15. The van der Waals surface area contributed by atoms with Gasteiger partial charge in [0.05, 0.1) is 12.7 Å². The van der Waals surface area contributed by atoms with Crippen molar-refractivity contribution >= 4 is 0 Å². The van der Waals surface area contributed by atoms with Crippen LogP contribution in [0.5, 0.6) is 5.75 Å². The zero-order chi connectivity index (χ0) is 10.8. The first-order valence-electron chi connectivity index (χ1n) is 4.49. The second-order valence-corrected chi connectivity index (χ2v) is 3.83. The van der Waals surface area contributed by atoms with Gasteiger partial charge in [-0.25, -0.2) is 0 Å². The Bertz CT molecular complexity index is 284. The van der Waals surface area contributed by atoms with E-state index in [0.717, 1.165) is 5.75 Å². The van der Waals surface area contributed by atoms with E-state index in [-0.39, 0.29) is 0 Å². The summed E-state index contributed by atoms with van der Waals surface area (Å²) >= 11 is 0. The highest BCUT2D eigenvalue weighted by molar-refractivity contribution is 5.29. The molecule has 2 N–H and O–H groups in total. The first-order valence-corrected chi connectivity index (χ1v) is 4.49. The van der Waals surface area contributed by atoms with Crippen molar-refractivity contribution in [3.05, 3.63) is 29.8 Å². The van der Waals surface area contributed by atoms with Crippen LogP contribution in [0.3, 0.4) is 0 Å². The van der Waals surface area contributed by atoms with Gasteiger partial charge in [-0.3, -0.25) is 0 Å². The van der Waals surface area contributed by atoms with Gasteiger partial charge < -0.3 is 14.9 Å². The summed E-state index contributed by atoms with van der Waals surface area (Å²) in [4.78, 5) is 0. The zero-order valence-corrected chi connectivity index (χ0v) is 8.69. The first-order chi connectivity index (χ1) is 6.45. The predicted octanol–water partition coefficient (Wildman–Crippen LogP) is 1.50. The van der Waals surface area contributed by atoms with Gasteiger partial charge in [0.1, 0.15) is 11.9 Å². The molecule has 0 saturated carbocycles. The third-order valence-electron chi connectivity index (χ3n) is 2.10. The van der Waals surface area contributed by atoms with Crippen LogP contribution in [0.1, 0.15) is 25.5 Å². The molecule has 0 amide bonds. The third kappa shape index (κ3) is 2.47. The number of hydrogen-bond donors (Lipinski definition) is 2. The van der Waals surface area contributed by atoms with Crippen LogP contribution in [0.25, 0.3) is 0 Å². The summed E-state index contributed by atoms with van der Waals surface area (Å²) in [5.41, 5.74) is -0.451. The van der Waals surface area contributed by atoms with Crippen LogP contribution in [-0.4, -0.2) is 22.9 Å². The maximum atomic E-state index is 9.73. The molecule has 1 atom stereocenters. The summed E-state index contributed by atoms with van der Waals surface area (Å²) in [5.74, 6) is 0.733. The highest BCUT2D eigenvalue weighted by Gasteiger charge is 2.25. The summed E-state index contributed by atoms with van der Waals surface area (Å²) in [7, 11) is 1.58. The van der Waals surface area contributed by atoms with E-state index in [4.69, 9.17) is 4.74 Å². The molecule has 1 aromatic carbocycles. The van der Waals surface area contributed by atoms with Crippen molar-refractivity contribution in [1.29, 1.82) is 0 Å². The van der Waals surface area contributed by atoms with Gasteiger partial charge in [-0.1, -0.05) is 12.1 Å². The number of ether oxygens (including phenoxy) is 1. The molecule has 0 aliphatic heterocycles. The van der Waals surface area contributed by atoms with Gasteiger partial charge in [0, 0.05) is 0 Å². The molecule has 1 aromatic rings. The summed E-state index contributed by atoms with van der Waals surface area (Å²) in [5, 5.41) is 19.3. The number of rotatable bonds is 3. The minimum Gasteiger partial charge on any atom is -0.497 e. The fourth-order valence-corrected chi connectivity index (χ4v) is 1.19. The minimum absolute atomic E-state index is 0.679. The second kappa shape index (κ2) is 3.98. The molecule has 1 rings (SSSR count). The minimum atomic E-state index is -1.13. The lowest BCUT2D eigenvalue weighted by Crippen LogP contribution is -2.28. The van der Waals surface area contributed by atoms with Crippen LogP contribution >= 0.6 is 0 Å². The smallest absolute Gasteiger partial charge is 0.118 e. The summed E-state index contributed by atoms with van der Waals surface area (Å²) in [6.07, 6.45) is -0.881. The molecule has 3 nitrogen and oxygen atoms in total. The molecule has 0 saturated heterocycles. The molecule has 0 radical (unpaired) electrons. The Labute approximate surface area is 84.0 Å². The van der Waals surface area contributed by atoms with Crippen LogP contribution < -0.4 is 4.74 Å². The normalized spacial score (nSPS) is 13.8. The summed E-state index contributed by atoms with van der Waals surface area (Å²) in [6.45, 7) is 3.14. The van der Waals surface area contributed by atoms with E-state index in [2.05, 4.69) is 0 Å². The molecule has 14 heavy (non-hydrogen) atoms. The summed E-state index contributed by atoms with van der Waals surface area (Å²) < 4.78 is 4.99. The Kier molecular flexibility index (Phi) is 3.13. The van der Waals surface area contributed by atoms with Crippen LogP contribution in [0.15, 0.2) is 24.3 Å². The molecule has 0 unspecified atom stereocenters. The standard InChI is InChI=1S/C11H16O3/c1-11(2,13)10(12)8-4-6-9(14-3)7-5-8/h4-7,10,12-13H,1-3H3/t10-/m1/s1.